The summed E-state index contributed by atoms with van der Waals surface area (Å²) >= 11 is 6.02. The molecular formula is C12H15ClO. The molecule has 0 amide bonds. The van der Waals surface area contributed by atoms with Gasteiger partial charge < -0.3 is 5.11 Å². The summed E-state index contributed by atoms with van der Waals surface area (Å²) in [5.41, 5.74) is 1.15. The lowest BCUT2D eigenvalue weighted by Gasteiger charge is -2.09. The summed E-state index contributed by atoms with van der Waals surface area (Å²) in [7, 11) is 0. The third-order valence-electron chi connectivity index (χ3n) is 2.83. The van der Waals surface area contributed by atoms with E-state index in [-0.39, 0.29) is 6.10 Å². The summed E-state index contributed by atoms with van der Waals surface area (Å²) < 4.78 is 0. The molecule has 1 saturated carbocycles. The van der Waals surface area contributed by atoms with Crippen LogP contribution in [0, 0.1) is 5.92 Å². The molecule has 0 spiro atoms. The Labute approximate surface area is 89.7 Å². The first-order valence-electron chi connectivity index (χ1n) is 5.19. The van der Waals surface area contributed by atoms with Crippen molar-refractivity contribution >= 4 is 11.6 Å². The van der Waals surface area contributed by atoms with Gasteiger partial charge in [-0.25, -0.2) is 0 Å². The Kier molecular flexibility index (Phi) is 3.09. The highest BCUT2D eigenvalue weighted by Crippen LogP contribution is 2.34. The highest BCUT2D eigenvalue weighted by atomic mass is 35.5. The van der Waals surface area contributed by atoms with E-state index < -0.39 is 0 Å². The predicted molar refractivity (Wildman–Crippen MR) is 58.5 cm³/mol. The van der Waals surface area contributed by atoms with Crippen LogP contribution in [0.5, 0.6) is 0 Å². The Hall–Kier alpha value is -0.530. The topological polar surface area (TPSA) is 20.2 Å². The van der Waals surface area contributed by atoms with Crippen molar-refractivity contribution in [2.45, 2.75) is 31.8 Å². The van der Waals surface area contributed by atoms with E-state index in [1.807, 2.05) is 24.3 Å². The predicted octanol–water partition coefficient (Wildman–Crippen LogP) is 3.04. The van der Waals surface area contributed by atoms with Gasteiger partial charge in [-0.2, -0.15) is 0 Å². The molecule has 14 heavy (non-hydrogen) atoms. The molecule has 76 valence electrons. The maximum atomic E-state index is 9.70. The van der Waals surface area contributed by atoms with Crippen LogP contribution in [0.4, 0.5) is 0 Å². The Bertz CT molecular complexity index is 307. The molecule has 1 nitrogen and oxygen atoms in total. The zero-order valence-electron chi connectivity index (χ0n) is 8.12. The van der Waals surface area contributed by atoms with Crippen LogP contribution < -0.4 is 0 Å². The fourth-order valence-corrected chi connectivity index (χ4v) is 1.95. The van der Waals surface area contributed by atoms with E-state index in [9.17, 15) is 5.11 Å². The average Bonchev–Trinajstić information content (AvgIpc) is 2.99. The minimum absolute atomic E-state index is 0.119. The van der Waals surface area contributed by atoms with E-state index in [4.69, 9.17) is 11.6 Å². The van der Waals surface area contributed by atoms with Crippen LogP contribution in [-0.2, 0) is 6.42 Å². The van der Waals surface area contributed by atoms with Gasteiger partial charge in [-0.05, 0) is 43.2 Å². The molecule has 1 aromatic rings. The quantitative estimate of drug-likeness (QED) is 0.810. The van der Waals surface area contributed by atoms with Gasteiger partial charge >= 0.3 is 0 Å². The maximum Gasteiger partial charge on any atom is 0.0571 e. The monoisotopic (exact) mass is 210 g/mol. The van der Waals surface area contributed by atoms with E-state index in [1.165, 1.54) is 12.8 Å². The fraction of sp³-hybridized carbons (Fsp3) is 0.500. The molecule has 0 aromatic heterocycles. The molecule has 0 radical (unpaired) electrons. The molecule has 2 rings (SSSR count). The van der Waals surface area contributed by atoms with Gasteiger partial charge in [0.1, 0.15) is 0 Å². The molecular weight excluding hydrogens is 196 g/mol. The molecule has 0 aliphatic heterocycles. The molecule has 2 heteroatoms. The third-order valence-corrected chi connectivity index (χ3v) is 3.20. The van der Waals surface area contributed by atoms with Gasteiger partial charge in [0.25, 0.3) is 0 Å². The summed E-state index contributed by atoms with van der Waals surface area (Å²) in [6.07, 6.45) is 4.00. The van der Waals surface area contributed by atoms with Crippen molar-refractivity contribution in [3.63, 3.8) is 0 Å². The standard InChI is InChI=1S/C12H15ClO/c13-11-4-2-1-3-9(11)7-8-12(14)10-5-6-10/h1-4,10,12,14H,5-8H2. The largest absolute Gasteiger partial charge is 0.393 e. The number of hydrogen-bond acceptors (Lipinski definition) is 1. The number of rotatable bonds is 4. The van der Waals surface area contributed by atoms with Crippen molar-refractivity contribution in [3.05, 3.63) is 34.9 Å². The van der Waals surface area contributed by atoms with Crippen LogP contribution >= 0.6 is 11.6 Å². The first-order valence-corrected chi connectivity index (χ1v) is 5.56. The van der Waals surface area contributed by atoms with Crippen molar-refractivity contribution < 1.29 is 5.11 Å². The molecule has 1 N–H and O–H groups in total. The van der Waals surface area contributed by atoms with Crippen LogP contribution in [0.15, 0.2) is 24.3 Å². The lowest BCUT2D eigenvalue weighted by molar-refractivity contribution is 0.142. The minimum atomic E-state index is -0.119. The summed E-state index contributed by atoms with van der Waals surface area (Å²) in [6.45, 7) is 0. The average molecular weight is 211 g/mol. The molecule has 1 atom stereocenters. The van der Waals surface area contributed by atoms with Gasteiger partial charge in [-0.15, -0.1) is 0 Å². The molecule has 0 heterocycles. The normalized spacial score (nSPS) is 18.1. The molecule has 1 unspecified atom stereocenters. The number of hydrogen-bond donors (Lipinski definition) is 1. The Morgan fingerprint density at radius 2 is 2.07 bits per heavy atom. The van der Waals surface area contributed by atoms with Crippen molar-refractivity contribution in [1.29, 1.82) is 0 Å². The number of aliphatic hydroxyl groups is 1. The van der Waals surface area contributed by atoms with Gasteiger partial charge in [0.2, 0.25) is 0 Å². The van der Waals surface area contributed by atoms with Gasteiger partial charge in [0.15, 0.2) is 0 Å². The number of aliphatic hydroxyl groups excluding tert-OH is 1. The highest BCUT2D eigenvalue weighted by molar-refractivity contribution is 6.31. The van der Waals surface area contributed by atoms with E-state index in [1.54, 1.807) is 0 Å². The lowest BCUT2D eigenvalue weighted by atomic mass is 10.0. The fourth-order valence-electron chi connectivity index (χ4n) is 1.72. The Morgan fingerprint density at radius 3 is 2.71 bits per heavy atom. The second kappa shape index (κ2) is 4.33. The SMILES string of the molecule is OC(CCc1ccccc1Cl)C1CC1. The second-order valence-electron chi connectivity index (χ2n) is 4.03. The van der Waals surface area contributed by atoms with Crippen molar-refractivity contribution in [2.24, 2.45) is 5.92 Å². The van der Waals surface area contributed by atoms with Crippen LogP contribution in [0.3, 0.4) is 0 Å². The summed E-state index contributed by atoms with van der Waals surface area (Å²) in [4.78, 5) is 0. The van der Waals surface area contributed by atoms with Gasteiger partial charge in [-0.3, -0.25) is 0 Å². The number of halogens is 1. The third kappa shape index (κ3) is 2.49. The van der Waals surface area contributed by atoms with Gasteiger partial charge in [0.05, 0.1) is 6.10 Å². The van der Waals surface area contributed by atoms with Crippen molar-refractivity contribution in [3.8, 4) is 0 Å². The lowest BCUT2D eigenvalue weighted by Crippen LogP contribution is -2.10. The van der Waals surface area contributed by atoms with E-state index in [0.717, 1.165) is 23.4 Å². The molecule has 1 aliphatic carbocycles. The maximum absolute atomic E-state index is 9.70. The molecule has 1 aromatic carbocycles. The molecule has 0 saturated heterocycles. The Balaban J connectivity index is 1.87. The minimum Gasteiger partial charge on any atom is -0.393 e. The van der Waals surface area contributed by atoms with E-state index >= 15 is 0 Å². The highest BCUT2D eigenvalue weighted by Gasteiger charge is 2.29. The number of aryl methyl sites for hydroxylation is 1. The first kappa shape index (κ1) is 10.0. The van der Waals surface area contributed by atoms with Gasteiger partial charge in [-0.1, -0.05) is 29.8 Å². The molecule has 1 aliphatic rings. The smallest absolute Gasteiger partial charge is 0.0571 e. The summed E-state index contributed by atoms with van der Waals surface area (Å²) in [5.74, 6) is 0.567. The summed E-state index contributed by atoms with van der Waals surface area (Å²) in [6, 6.07) is 7.86. The molecule has 0 bridgehead atoms. The Morgan fingerprint density at radius 1 is 1.36 bits per heavy atom. The van der Waals surface area contributed by atoms with Crippen LogP contribution in [-0.4, -0.2) is 11.2 Å². The number of benzene rings is 1. The summed E-state index contributed by atoms with van der Waals surface area (Å²) in [5, 5.41) is 10.5. The van der Waals surface area contributed by atoms with E-state index in [2.05, 4.69) is 0 Å². The van der Waals surface area contributed by atoms with E-state index in [0.29, 0.717) is 5.92 Å². The first-order chi connectivity index (χ1) is 6.77. The molecule has 1 fully saturated rings. The van der Waals surface area contributed by atoms with Crippen LogP contribution in [0.1, 0.15) is 24.8 Å². The zero-order chi connectivity index (χ0) is 9.97. The zero-order valence-corrected chi connectivity index (χ0v) is 8.87. The van der Waals surface area contributed by atoms with Gasteiger partial charge in [0, 0.05) is 5.02 Å². The van der Waals surface area contributed by atoms with Crippen LogP contribution in [0.2, 0.25) is 5.02 Å². The van der Waals surface area contributed by atoms with Crippen molar-refractivity contribution in [1.82, 2.24) is 0 Å². The second-order valence-corrected chi connectivity index (χ2v) is 4.44. The van der Waals surface area contributed by atoms with Crippen molar-refractivity contribution in [2.75, 3.05) is 0 Å². The van der Waals surface area contributed by atoms with Crippen LogP contribution in [0.25, 0.3) is 0 Å².